The first-order chi connectivity index (χ1) is 13.2. The Morgan fingerprint density at radius 3 is 2.54 bits per heavy atom. The summed E-state index contributed by atoms with van der Waals surface area (Å²) in [6.45, 7) is 2.81. The molecule has 0 spiro atoms. The molecule has 0 aliphatic carbocycles. The van der Waals surface area contributed by atoms with E-state index in [1.54, 1.807) is 37.3 Å². The summed E-state index contributed by atoms with van der Waals surface area (Å²) in [6, 6.07) is 6.98. The third-order valence-corrected chi connectivity index (χ3v) is 8.23. The van der Waals surface area contributed by atoms with E-state index in [2.05, 4.69) is 5.32 Å². The minimum atomic E-state index is -3.20. The van der Waals surface area contributed by atoms with Crippen LogP contribution < -0.4 is 9.62 Å². The molecule has 156 valence electrons. The second-order valence-corrected chi connectivity index (χ2v) is 10.9. The Hall–Kier alpha value is -1.91. The van der Waals surface area contributed by atoms with Crippen LogP contribution in [0.4, 0.5) is 5.69 Å². The van der Waals surface area contributed by atoms with Gasteiger partial charge in [-0.25, -0.2) is 21.1 Å². The minimum Gasteiger partial charge on any atom is -0.353 e. The lowest BCUT2D eigenvalue weighted by molar-refractivity contribution is -0.116. The summed E-state index contributed by atoms with van der Waals surface area (Å²) in [4.78, 5) is 11.9. The molecule has 0 bridgehead atoms. The predicted octanol–water partition coefficient (Wildman–Crippen LogP) is 1.03. The van der Waals surface area contributed by atoms with Gasteiger partial charge in [0.2, 0.25) is 26.0 Å². The van der Waals surface area contributed by atoms with Crippen LogP contribution >= 0.6 is 0 Å². The van der Waals surface area contributed by atoms with Gasteiger partial charge in [0.25, 0.3) is 0 Å². The Labute approximate surface area is 167 Å². The summed E-state index contributed by atoms with van der Waals surface area (Å²) < 4.78 is 49.8. The molecule has 0 atom stereocenters. The first-order valence-electron chi connectivity index (χ1n) is 9.16. The van der Waals surface area contributed by atoms with Crippen molar-refractivity contribution in [2.75, 3.05) is 42.5 Å². The van der Waals surface area contributed by atoms with Gasteiger partial charge in [-0.1, -0.05) is 12.1 Å². The molecule has 1 aromatic rings. The number of carbonyl (C=O) groups excluding carboxylic acids is 1. The highest BCUT2D eigenvalue weighted by Crippen LogP contribution is 2.24. The number of hydrogen-bond donors (Lipinski definition) is 1. The number of carbonyl (C=O) groups is 1. The van der Waals surface area contributed by atoms with Crippen LogP contribution in [-0.4, -0.2) is 65.2 Å². The van der Waals surface area contributed by atoms with E-state index in [1.165, 1.54) is 21.7 Å². The maximum atomic E-state index is 11.9. The Morgan fingerprint density at radius 1 is 1.29 bits per heavy atom. The van der Waals surface area contributed by atoms with E-state index in [1.807, 2.05) is 0 Å². The molecule has 1 aromatic carbocycles. The number of nitrogens with one attached hydrogen (secondary N) is 1. The molecule has 1 saturated heterocycles. The number of sulfonamides is 2. The molecule has 0 aromatic heterocycles. The molecular weight excluding hydrogens is 402 g/mol. The molecule has 0 saturated carbocycles. The van der Waals surface area contributed by atoms with Gasteiger partial charge in [-0.2, -0.15) is 0 Å². The maximum absolute atomic E-state index is 11.9. The number of amides is 1. The average Bonchev–Trinajstić information content (AvgIpc) is 3.02. The predicted molar refractivity (Wildman–Crippen MR) is 111 cm³/mol. The average molecular weight is 430 g/mol. The number of benzene rings is 1. The maximum Gasteiger partial charge on any atom is 0.243 e. The summed E-state index contributed by atoms with van der Waals surface area (Å²) in [5.41, 5.74) is 1.41. The van der Waals surface area contributed by atoms with Gasteiger partial charge in [-0.3, -0.25) is 9.10 Å². The fourth-order valence-corrected chi connectivity index (χ4v) is 5.20. The molecule has 1 amide bonds. The van der Waals surface area contributed by atoms with E-state index < -0.39 is 20.0 Å². The summed E-state index contributed by atoms with van der Waals surface area (Å²) >= 11 is 0. The summed E-state index contributed by atoms with van der Waals surface area (Å²) in [6.07, 6.45) is 4.19. The molecule has 1 heterocycles. The van der Waals surface area contributed by atoms with Crippen LogP contribution in [0.15, 0.2) is 30.3 Å². The fourth-order valence-electron chi connectivity index (χ4n) is 2.78. The van der Waals surface area contributed by atoms with Crippen LogP contribution in [0.25, 0.3) is 6.08 Å². The highest BCUT2D eigenvalue weighted by Gasteiger charge is 2.28. The summed E-state index contributed by atoms with van der Waals surface area (Å²) in [5, 5.41) is 2.71. The van der Waals surface area contributed by atoms with Crippen LogP contribution in [-0.2, 0) is 24.8 Å². The van der Waals surface area contributed by atoms with Crippen LogP contribution in [0.1, 0.15) is 25.3 Å². The quantitative estimate of drug-likeness (QED) is 0.466. The smallest absolute Gasteiger partial charge is 0.243 e. The van der Waals surface area contributed by atoms with Crippen LogP contribution in [0.5, 0.6) is 0 Å². The van der Waals surface area contributed by atoms with E-state index in [0.29, 0.717) is 38.2 Å². The van der Waals surface area contributed by atoms with Crippen molar-refractivity contribution in [3.8, 4) is 0 Å². The molecule has 1 aliphatic heterocycles. The zero-order valence-electron chi connectivity index (χ0n) is 16.2. The zero-order chi connectivity index (χ0) is 20.8. The van der Waals surface area contributed by atoms with E-state index in [-0.39, 0.29) is 17.4 Å². The molecule has 1 N–H and O–H groups in total. The second-order valence-electron chi connectivity index (χ2n) is 6.53. The lowest BCUT2D eigenvalue weighted by Crippen LogP contribution is -2.32. The standard InChI is InChI=1S/C18H27N3O5S2/c1-3-27(23,24)20(2)13-4-12-19-18(22)11-8-16-6-9-17(10-7-16)21-14-5-15-28(21,25)26/h6-11H,3-5,12-15H2,1-2H3,(H,19,22). The fraction of sp³-hybridized carbons (Fsp3) is 0.500. The molecule has 10 heteroatoms. The van der Waals surface area contributed by atoms with E-state index in [9.17, 15) is 21.6 Å². The first-order valence-corrected chi connectivity index (χ1v) is 12.4. The minimum absolute atomic E-state index is 0.0566. The van der Waals surface area contributed by atoms with Crippen molar-refractivity contribution >= 4 is 37.7 Å². The van der Waals surface area contributed by atoms with Gasteiger partial charge in [-0.15, -0.1) is 0 Å². The molecule has 0 unspecified atom stereocenters. The first kappa shape index (κ1) is 22.4. The normalized spacial score (nSPS) is 16.8. The summed E-state index contributed by atoms with van der Waals surface area (Å²) in [5.74, 6) is -0.0389. The van der Waals surface area contributed by atoms with Crippen molar-refractivity contribution in [1.82, 2.24) is 9.62 Å². The Kier molecular flexibility index (Phi) is 7.62. The van der Waals surface area contributed by atoms with Crippen molar-refractivity contribution in [3.63, 3.8) is 0 Å². The van der Waals surface area contributed by atoms with Gasteiger partial charge in [-0.05, 0) is 43.5 Å². The van der Waals surface area contributed by atoms with Crippen molar-refractivity contribution in [3.05, 3.63) is 35.9 Å². The highest BCUT2D eigenvalue weighted by atomic mass is 32.2. The molecule has 1 fully saturated rings. The largest absolute Gasteiger partial charge is 0.353 e. The van der Waals surface area contributed by atoms with Crippen LogP contribution in [0.2, 0.25) is 0 Å². The van der Waals surface area contributed by atoms with E-state index >= 15 is 0 Å². The topological polar surface area (TPSA) is 104 Å². The SMILES string of the molecule is CCS(=O)(=O)N(C)CCCNC(=O)C=Cc1ccc(N2CCCS2(=O)=O)cc1. The highest BCUT2D eigenvalue weighted by molar-refractivity contribution is 7.93. The van der Waals surface area contributed by atoms with Crippen LogP contribution in [0.3, 0.4) is 0 Å². The van der Waals surface area contributed by atoms with Gasteiger partial charge in [0.1, 0.15) is 0 Å². The number of nitrogens with zero attached hydrogens (tertiary/aromatic N) is 2. The molecule has 0 radical (unpaired) electrons. The Morgan fingerprint density at radius 2 is 1.96 bits per heavy atom. The second kappa shape index (κ2) is 9.53. The van der Waals surface area contributed by atoms with Crippen molar-refractivity contribution in [2.24, 2.45) is 0 Å². The number of anilines is 1. The van der Waals surface area contributed by atoms with E-state index in [0.717, 1.165) is 5.56 Å². The molecule has 28 heavy (non-hydrogen) atoms. The molecule has 1 aliphatic rings. The van der Waals surface area contributed by atoms with Crippen molar-refractivity contribution < 1.29 is 21.6 Å². The Balaban J connectivity index is 1.79. The van der Waals surface area contributed by atoms with Gasteiger partial charge in [0.15, 0.2) is 0 Å². The van der Waals surface area contributed by atoms with Gasteiger partial charge < -0.3 is 5.32 Å². The molecule has 8 nitrogen and oxygen atoms in total. The number of hydrogen-bond acceptors (Lipinski definition) is 5. The van der Waals surface area contributed by atoms with E-state index in [4.69, 9.17) is 0 Å². The monoisotopic (exact) mass is 429 g/mol. The van der Waals surface area contributed by atoms with Crippen LogP contribution in [0, 0.1) is 0 Å². The third kappa shape index (κ3) is 6.05. The summed E-state index contributed by atoms with van der Waals surface area (Å²) in [7, 11) is -4.87. The van der Waals surface area contributed by atoms with Gasteiger partial charge in [0, 0.05) is 32.8 Å². The van der Waals surface area contributed by atoms with Crippen molar-refractivity contribution in [1.29, 1.82) is 0 Å². The number of rotatable bonds is 9. The molecular formula is C18H27N3O5S2. The lowest BCUT2D eigenvalue weighted by atomic mass is 10.2. The van der Waals surface area contributed by atoms with Gasteiger partial charge in [0.05, 0.1) is 17.2 Å². The van der Waals surface area contributed by atoms with Gasteiger partial charge >= 0.3 is 0 Å². The van der Waals surface area contributed by atoms with Crippen molar-refractivity contribution in [2.45, 2.75) is 19.8 Å². The third-order valence-electron chi connectivity index (χ3n) is 4.50. The Bertz CT molecular complexity index is 909. The molecule has 2 rings (SSSR count). The lowest BCUT2D eigenvalue weighted by Gasteiger charge is -2.16. The zero-order valence-corrected chi connectivity index (χ0v) is 17.8.